The van der Waals surface area contributed by atoms with Crippen LogP contribution in [-0.4, -0.2) is 42.9 Å². The largest absolute Gasteiger partial charge is 0.491 e. The molecule has 0 amide bonds. The van der Waals surface area contributed by atoms with Crippen LogP contribution in [0.15, 0.2) is 36.9 Å². The van der Waals surface area contributed by atoms with Gasteiger partial charge in [0.25, 0.3) is 0 Å². The van der Waals surface area contributed by atoms with Crippen molar-refractivity contribution in [2.45, 2.75) is 19.4 Å². The first-order valence-corrected chi connectivity index (χ1v) is 6.35. The van der Waals surface area contributed by atoms with Crippen LogP contribution >= 0.6 is 12.4 Å². The van der Waals surface area contributed by atoms with Gasteiger partial charge in [-0.25, -0.2) is 0 Å². The summed E-state index contributed by atoms with van der Waals surface area (Å²) in [7, 11) is 1.98. The van der Waals surface area contributed by atoms with E-state index in [9.17, 15) is 5.11 Å². The van der Waals surface area contributed by atoms with Crippen LogP contribution in [0.25, 0.3) is 0 Å². The first-order chi connectivity index (χ1) is 8.67. The van der Waals surface area contributed by atoms with Gasteiger partial charge in [0, 0.05) is 6.54 Å². The maximum absolute atomic E-state index is 9.85. The van der Waals surface area contributed by atoms with Gasteiger partial charge in [-0.3, -0.25) is 0 Å². The van der Waals surface area contributed by atoms with Crippen LogP contribution < -0.4 is 4.74 Å². The average molecular weight is 286 g/mol. The Labute approximate surface area is 122 Å². The average Bonchev–Trinajstić information content (AvgIpc) is 2.38. The maximum atomic E-state index is 9.85. The Bertz CT molecular complexity index is 371. The zero-order valence-corrected chi connectivity index (χ0v) is 12.5. The Kier molecular flexibility index (Phi) is 9.31. The lowest BCUT2D eigenvalue weighted by molar-refractivity contribution is 0.0775. The standard InChI is InChI=1S/C15H23NO2.ClH/c1-4-8-13-9-6-7-10-15(13)18-12-14(17)11-16(3)5-2;/h4,6-7,9-10,14,17H,1,5,8,11-12H2,2-3H3;1H. The minimum atomic E-state index is -0.466. The van der Waals surface area contributed by atoms with Gasteiger partial charge in [-0.15, -0.1) is 19.0 Å². The van der Waals surface area contributed by atoms with Crippen LogP contribution in [0.1, 0.15) is 12.5 Å². The maximum Gasteiger partial charge on any atom is 0.122 e. The molecular weight excluding hydrogens is 262 g/mol. The number of aliphatic hydroxyl groups excluding tert-OH is 1. The van der Waals surface area contributed by atoms with Crippen LogP contribution in [0.2, 0.25) is 0 Å². The van der Waals surface area contributed by atoms with Crippen molar-refractivity contribution in [3.8, 4) is 5.75 Å². The highest BCUT2D eigenvalue weighted by molar-refractivity contribution is 5.85. The van der Waals surface area contributed by atoms with E-state index in [4.69, 9.17) is 4.74 Å². The molecule has 1 aromatic rings. The number of hydrogen-bond donors (Lipinski definition) is 1. The highest BCUT2D eigenvalue weighted by atomic mass is 35.5. The van der Waals surface area contributed by atoms with E-state index >= 15 is 0 Å². The lowest BCUT2D eigenvalue weighted by atomic mass is 10.1. The van der Waals surface area contributed by atoms with E-state index in [2.05, 4.69) is 18.4 Å². The fourth-order valence-electron chi connectivity index (χ4n) is 1.70. The molecule has 0 spiro atoms. The van der Waals surface area contributed by atoms with Crippen LogP contribution in [0, 0.1) is 0 Å². The third-order valence-corrected chi connectivity index (χ3v) is 2.83. The zero-order chi connectivity index (χ0) is 13.4. The van der Waals surface area contributed by atoms with Crippen molar-refractivity contribution >= 4 is 12.4 Å². The summed E-state index contributed by atoms with van der Waals surface area (Å²) >= 11 is 0. The number of benzene rings is 1. The predicted molar refractivity (Wildman–Crippen MR) is 82.3 cm³/mol. The molecule has 4 heteroatoms. The van der Waals surface area contributed by atoms with Gasteiger partial charge in [0.05, 0.1) is 0 Å². The van der Waals surface area contributed by atoms with Gasteiger partial charge in [0.1, 0.15) is 18.5 Å². The third-order valence-electron chi connectivity index (χ3n) is 2.83. The Morgan fingerprint density at radius 1 is 1.42 bits per heavy atom. The van der Waals surface area contributed by atoms with Crippen LogP contribution in [0.5, 0.6) is 5.75 Å². The molecule has 0 aromatic heterocycles. The van der Waals surface area contributed by atoms with Crippen molar-refractivity contribution < 1.29 is 9.84 Å². The molecule has 0 heterocycles. The number of rotatable bonds is 8. The number of aliphatic hydroxyl groups is 1. The molecule has 0 aliphatic carbocycles. The Hall–Kier alpha value is -1.03. The molecule has 19 heavy (non-hydrogen) atoms. The smallest absolute Gasteiger partial charge is 0.122 e. The SMILES string of the molecule is C=CCc1ccccc1OCC(O)CN(C)CC.Cl. The van der Waals surface area contributed by atoms with Crippen LogP contribution in [0.4, 0.5) is 0 Å². The van der Waals surface area contributed by atoms with Gasteiger partial charge < -0.3 is 14.7 Å². The molecule has 1 rings (SSSR count). The monoisotopic (exact) mass is 285 g/mol. The molecule has 0 aliphatic rings. The summed E-state index contributed by atoms with van der Waals surface area (Å²) in [4.78, 5) is 2.06. The van der Waals surface area contributed by atoms with E-state index in [0.717, 1.165) is 24.3 Å². The van der Waals surface area contributed by atoms with Gasteiger partial charge in [-0.1, -0.05) is 31.2 Å². The molecule has 3 nitrogen and oxygen atoms in total. The van der Waals surface area contributed by atoms with Gasteiger partial charge >= 0.3 is 0 Å². The summed E-state index contributed by atoms with van der Waals surface area (Å²) in [5.41, 5.74) is 1.10. The third kappa shape index (κ3) is 6.62. The topological polar surface area (TPSA) is 32.7 Å². The van der Waals surface area contributed by atoms with E-state index in [1.807, 2.05) is 37.4 Å². The van der Waals surface area contributed by atoms with Gasteiger partial charge in [-0.05, 0) is 31.6 Å². The fraction of sp³-hybridized carbons (Fsp3) is 0.467. The number of nitrogens with zero attached hydrogens (tertiary/aromatic N) is 1. The van der Waals surface area contributed by atoms with Crippen molar-refractivity contribution in [3.05, 3.63) is 42.5 Å². The molecular formula is C15H24ClNO2. The van der Waals surface area contributed by atoms with E-state index in [0.29, 0.717) is 13.2 Å². The second-order valence-corrected chi connectivity index (χ2v) is 4.42. The summed E-state index contributed by atoms with van der Waals surface area (Å²) in [5, 5.41) is 9.85. The lowest BCUT2D eigenvalue weighted by Crippen LogP contribution is -2.33. The molecule has 1 atom stereocenters. The van der Waals surface area contributed by atoms with Crippen LogP contribution in [-0.2, 0) is 6.42 Å². The number of para-hydroxylation sites is 1. The predicted octanol–water partition coefficient (Wildman–Crippen LogP) is 2.53. The molecule has 0 radical (unpaired) electrons. The highest BCUT2D eigenvalue weighted by Gasteiger charge is 2.09. The second kappa shape index (κ2) is 9.84. The van der Waals surface area contributed by atoms with Crippen molar-refractivity contribution in [2.75, 3.05) is 26.7 Å². The highest BCUT2D eigenvalue weighted by Crippen LogP contribution is 2.18. The van der Waals surface area contributed by atoms with E-state index in [-0.39, 0.29) is 12.4 Å². The summed E-state index contributed by atoms with van der Waals surface area (Å²) in [5.74, 6) is 0.829. The number of likely N-dealkylation sites (N-methyl/N-ethyl adjacent to an activating group) is 1. The Balaban J connectivity index is 0.00000324. The van der Waals surface area contributed by atoms with Gasteiger partial charge in [0.15, 0.2) is 0 Å². The zero-order valence-electron chi connectivity index (χ0n) is 11.7. The molecule has 0 aliphatic heterocycles. The number of hydrogen-bond acceptors (Lipinski definition) is 3. The van der Waals surface area contributed by atoms with Crippen molar-refractivity contribution in [3.63, 3.8) is 0 Å². The normalized spacial score (nSPS) is 11.8. The molecule has 0 fully saturated rings. The lowest BCUT2D eigenvalue weighted by Gasteiger charge is -2.19. The molecule has 1 aromatic carbocycles. The molecule has 108 valence electrons. The first kappa shape index (κ1) is 18.0. The number of allylic oxidation sites excluding steroid dienone is 1. The van der Waals surface area contributed by atoms with E-state index < -0.39 is 6.10 Å². The minimum absolute atomic E-state index is 0. The quantitative estimate of drug-likeness (QED) is 0.745. The first-order valence-electron chi connectivity index (χ1n) is 6.35. The fourth-order valence-corrected chi connectivity index (χ4v) is 1.70. The number of halogens is 1. The second-order valence-electron chi connectivity index (χ2n) is 4.42. The number of ether oxygens (including phenoxy) is 1. The van der Waals surface area contributed by atoms with Gasteiger partial charge in [0.2, 0.25) is 0 Å². The van der Waals surface area contributed by atoms with Crippen LogP contribution in [0.3, 0.4) is 0 Å². The van der Waals surface area contributed by atoms with Crippen molar-refractivity contribution in [1.29, 1.82) is 0 Å². The molecule has 0 saturated carbocycles. The molecule has 0 saturated heterocycles. The summed E-state index contributed by atoms with van der Waals surface area (Å²) in [6.45, 7) is 7.66. The summed E-state index contributed by atoms with van der Waals surface area (Å²) in [6.07, 6.45) is 2.16. The molecule has 0 bridgehead atoms. The van der Waals surface area contributed by atoms with Crippen molar-refractivity contribution in [2.24, 2.45) is 0 Å². The molecule has 1 N–H and O–H groups in total. The van der Waals surface area contributed by atoms with Crippen molar-refractivity contribution in [1.82, 2.24) is 4.90 Å². The molecule has 1 unspecified atom stereocenters. The minimum Gasteiger partial charge on any atom is -0.491 e. The van der Waals surface area contributed by atoms with Gasteiger partial charge in [-0.2, -0.15) is 0 Å². The Morgan fingerprint density at radius 2 is 2.11 bits per heavy atom. The summed E-state index contributed by atoms with van der Waals surface area (Å²) < 4.78 is 5.67. The summed E-state index contributed by atoms with van der Waals surface area (Å²) in [6, 6.07) is 7.86. The van der Waals surface area contributed by atoms with E-state index in [1.54, 1.807) is 0 Å². The van der Waals surface area contributed by atoms with E-state index in [1.165, 1.54) is 0 Å². The Morgan fingerprint density at radius 3 is 2.74 bits per heavy atom.